The van der Waals surface area contributed by atoms with Gasteiger partial charge in [-0.3, -0.25) is 4.79 Å². The van der Waals surface area contributed by atoms with Gasteiger partial charge >= 0.3 is 0 Å². The van der Waals surface area contributed by atoms with E-state index in [0.717, 1.165) is 6.40 Å². The molecule has 1 aliphatic rings. The summed E-state index contributed by atoms with van der Waals surface area (Å²) < 4.78 is 2.86. The van der Waals surface area contributed by atoms with Crippen molar-refractivity contribution in [3.05, 3.63) is 0 Å². The molecule has 1 heterocycles. The van der Waals surface area contributed by atoms with E-state index in [1.807, 2.05) is 0 Å². The predicted molar refractivity (Wildman–Crippen MR) is 38.7 cm³/mol. The first-order valence-electron chi connectivity index (χ1n) is 2.30. The second-order valence-electron chi connectivity index (χ2n) is 1.63. The summed E-state index contributed by atoms with van der Waals surface area (Å²) in [6, 6.07) is 0. The fourth-order valence-corrected chi connectivity index (χ4v) is 0.921. The molecule has 0 aromatic heterocycles. The zero-order chi connectivity index (χ0) is 7.78. The number of halogens is 3. The maximum absolute atomic E-state index is 10.6. The van der Waals surface area contributed by atoms with Crippen molar-refractivity contribution < 1.29 is 9.53 Å². The average molecular weight is 202 g/mol. The Kier molecular flexibility index (Phi) is 2.08. The van der Waals surface area contributed by atoms with Gasteiger partial charge in [0.25, 0.3) is 5.91 Å². The van der Waals surface area contributed by atoms with Crippen LogP contribution < -0.4 is 0 Å². The predicted octanol–water partition coefficient (Wildman–Crippen LogP) is 1.31. The van der Waals surface area contributed by atoms with Gasteiger partial charge in [0.05, 0.1) is 0 Å². The van der Waals surface area contributed by atoms with Crippen LogP contribution in [0, 0.1) is 0 Å². The summed E-state index contributed by atoms with van der Waals surface area (Å²) in [6.45, 7) is 0. The number of nitrogens with zero attached hydrogens (tertiary/aromatic N) is 1. The van der Waals surface area contributed by atoms with E-state index >= 15 is 0 Å². The number of ether oxygens (including phenoxy) is 1. The first-order valence-corrected chi connectivity index (χ1v) is 3.44. The molecule has 0 saturated heterocycles. The van der Waals surface area contributed by atoms with Crippen LogP contribution in [-0.2, 0) is 9.53 Å². The lowest BCUT2D eigenvalue weighted by molar-refractivity contribution is -0.122. The minimum absolute atomic E-state index is 0.569. The molecule has 0 spiro atoms. The van der Waals surface area contributed by atoms with Gasteiger partial charge in [-0.15, -0.1) is 0 Å². The van der Waals surface area contributed by atoms with Crippen molar-refractivity contribution in [2.24, 2.45) is 4.99 Å². The van der Waals surface area contributed by atoms with Gasteiger partial charge in [-0.2, -0.15) is 4.99 Å². The second-order valence-corrected chi connectivity index (χ2v) is 4.00. The molecule has 1 atom stereocenters. The lowest BCUT2D eigenvalue weighted by Gasteiger charge is -2.14. The van der Waals surface area contributed by atoms with Gasteiger partial charge in [0.15, 0.2) is 6.40 Å². The van der Waals surface area contributed by atoms with Crippen LogP contribution in [0.3, 0.4) is 0 Å². The summed E-state index contributed by atoms with van der Waals surface area (Å²) in [5.74, 6) is -0.569. The lowest BCUT2D eigenvalue weighted by atomic mass is 10.4. The topological polar surface area (TPSA) is 38.7 Å². The van der Waals surface area contributed by atoms with Crippen molar-refractivity contribution in [3.63, 3.8) is 0 Å². The Labute approximate surface area is 71.9 Å². The average Bonchev–Trinajstić information content (AvgIpc) is 2.11. The molecule has 0 aromatic rings. The number of alkyl halides is 3. The van der Waals surface area contributed by atoms with E-state index in [2.05, 4.69) is 9.73 Å². The van der Waals surface area contributed by atoms with Crippen molar-refractivity contribution in [2.45, 2.75) is 9.90 Å². The van der Waals surface area contributed by atoms with Crippen molar-refractivity contribution in [1.82, 2.24) is 0 Å². The Morgan fingerprint density at radius 3 is 2.40 bits per heavy atom. The first-order chi connectivity index (χ1) is 4.52. The molecule has 6 heteroatoms. The Morgan fingerprint density at radius 1 is 1.60 bits per heavy atom. The molecule has 56 valence electrons. The second kappa shape index (κ2) is 2.57. The number of hydrogen-bond acceptors (Lipinski definition) is 2. The monoisotopic (exact) mass is 201 g/mol. The summed E-state index contributed by atoms with van der Waals surface area (Å²) in [4.78, 5) is 13.9. The molecule has 0 saturated carbocycles. The molecular weight excluding hydrogens is 200 g/mol. The Bertz CT molecular complexity index is 185. The maximum atomic E-state index is 10.6. The van der Waals surface area contributed by atoms with Crippen LogP contribution >= 0.6 is 34.8 Å². The quantitative estimate of drug-likeness (QED) is 0.556. The summed E-state index contributed by atoms with van der Waals surface area (Å²) in [6.07, 6.45) is -0.118. The Hall–Kier alpha value is 0.01000. The number of hydrogen-bond donors (Lipinski definition) is 0. The molecule has 3 nitrogen and oxygen atoms in total. The number of carbonyl (C=O) groups is 1. The molecule has 0 radical (unpaired) electrons. The largest absolute Gasteiger partial charge is 0.465 e. The highest BCUT2D eigenvalue weighted by Crippen LogP contribution is 2.33. The van der Waals surface area contributed by atoms with Gasteiger partial charge < -0.3 is 4.74 Å². The van der Waals surface area contributed by atoms with Crippen LogP contribution in [0.5, 0.6) is 0 Å². The summed E-state index contributed by atoms with van der Waals surface area (Å²) >= 11 is 16.0. The molecule has 10 heavy (non-hydrogen) atoms. The minimum Gasteiger partial charge on any atom is -0.465 e. The highest BCUT2D eigenvalue weighted by atomic mass is 35.6. The molecule has 1 amide bonds. The molecule has 0 fully saturated rings. The Morgan fingerprint density at radius 2 is 2.20 bits per heavy atom. The maximum Gasteiger partial charge on any atom is 0.294 e. The van der Waals surface area contributed by atoms with Crippen LogP contribution in [0.15, 0.2) is 4.99 Å². The van der Waals surface area contributed by atoms with Gasteiger partial charge in [0.2, 0.25) is 9.90 Å². The number of aliphatic imine (C=N–C) groups is 1. The van der Waals surface area contributed by atoms with Gasteiger partial charge in [0, 0.05) is 0 Å². The van der Waals surface area contributed by atoms with Crippen molar-refractivity contribution in [1.29, 1.82) is 0 Å². The molecule has 1 aliphatic heterocycles. The van der Waals surface area contributed by atoms with E-state index in [1.165, 1.54) is 0 Å². The highest BCUT2D eigenvalue weighted by molar-refractivity contribution is 6.69. The van der Waals surface area contributed by atoms with E-state index in [4.69, 9.17) is 34.8 Å². The molecule has 0 aromatic carbocycles. The van der Waals surface area contributed by atoms with Crippen LogP contribution in [0.2, 0.25) is 0 Å². The van der Waals surface area contributed by atoms with Gasteiger partial charge in [-0.25, -0.2) is 0 Å². The number of rotatable bonds is 0. The lowest BCUT2D eigenvalue weighted by Crippen LogP contribution is -2.31. The van der Waals surface area contributed by atoms with E-state index in [0.29, 0.717) is 0 Å². The smallest absolute Gasteiger partial charge is 0.294 e. The van der Waals surface area contributed by atoms with Crippen molar-refractivity contribution >= 4 is 47.1 Å². The molecule has 1 unspecified atom stereocenters. The van der Waals surface area contributed by atoms with E-state index < -0.39 is 15.8 Å². The minimum atomic E-state index is -1.73. The first kappa shape index (κ1) is 8.11. The molecule has 0 aliphatic carbocycles. The van der Waals surface area contributed by atoms with Crippen LogP contribution in [0.4, 0.5) is 0 Å². The molecule has 0 bridgehead atoms. The van der Waals surface area contributed by atoms with Crippen LogP contribution in [0.25, 0.3) is 0 Å². The standard InChI is InChI=1S/C4H2Cl3NO2/c5-4(6,7)2-3(9)8-1-10-2/h1-2H. The van der Waals surface area contributed by atoms with Crippen LogP contribution in [-0.4, -0.2) is 22.2 Å². The summed E-state index contributed by atoms with van der Waals surface area (Å²) in [7, 11) is 0. The zero-order valence-corrected chi connectivity index (χ0v) is 6.82. The van der Waals surface area contributed by atoms with E-state index in [1.54, 1.807) is 0 Å². The highest BCUT2D eigenvalue weighted by Gasteiger charge is 2.42. The third-order valence-electron chi connectivity index (χ3n) is 0.898. The third kappa shape index (κ3) is 1.54. The SMILES string of the molecule is O=C1N=COC1C(Cl)(Cl)Cl. The number of carbonyl (C=O) groups excluding carboxylic acids is 1. The van der Waals surface area contributed by atoms with Crippen molar-refractivity contribution in [2.75, 3.05) is 0 Å². The normalized spacial score (nSPS) is 25.1. The molecular formula is C4H2Cl3NO2. The summed E-state index contributed by atoms with van der Waals surface area (Å²) in [5.41, 5.74) is 0. The third-order valence-corrected chi connectivity index (χ3v) is 1.49. The number of amides is 1. The fraction of sp³-hybridized carbons (Fsp3) is 0.500. The van der Waals surface area contributed by atoms with E-state index in [9.17, 15) is 4.79 Å². The summed E-state index contributed by atoms with van der Waals surface area (Å²) in [5, 5.41) is 0. The fourth-order valence-electron chi connectivity index (χ4n) is 0.486. The molecule has 0 N–H and O–H groups in total. The van der Waals surface area contributed by atoms with Gasteiger partial charge in [-0.1, -0.05) is 34.8 Å². The van der Waals surface area contributed by atoms with Crippen molar-refractivity contribution in [3.8, 4) is 0 Å². The van der Waals surface area contributed by atoms with Crippen LogP contribution in [0.1, 0.15) is 0 Å². The zero-order valence-electron chi connectivity index (χ0n) is 4.55. The molecule has 1 rings (SSSR count). The Balaban J connectivity index is 2.69. The van der Waals surface area contributed by atoms with E-state index in [-0.39, 0.29) is 0 Å². The van der Waals surface area contributed by atoms with Gasteiger partial charge in [0.1, 0.15) is 0 Å². The van der Waals surface area contributed by atoms with Gasteiger partial charge in [-0.05, 0) is 0 Å².